The van der Waals surface area contributed by atoms with Gasteiger partial charge in [-0.2, -0.15) is 0 Å². The largest absolute Gasteiger partial charge is 0.0590 e. The van der Waals surface area contributed by atoms with Gasteiger partial charge in [-0.3, -0.25) is 0 Å². The lowest BCUT2D eigenvalue weighted by atomic mass is 10.0. The van der Waals surface area contributed by atoms with Crippen molar-refractivity contribution >= 4 is 0 Å². The van der Waals surface area contributed by atoms with Crippen LogP contribution in [0.5, 0.6) is 0 Å². The Labute approximate surface area is 75.0 Å². The molecule has 0 bridgehead atoms. The molecule has 0 aromatic rings. The first-order valence-corrected chi connectivity index (χ1v) is 4.32. The third kappa shape index (κ3) is 2.23. The van der Waals surface area contributed by atoms with Crippen molar-refractivity contribution in [2.45, 2.75) is 27.7 Å². The number of hydrogen-bond acceptors (Lipinski definition) is 0. The lowest BCUT2D eigenvalue weighted by molar-refractivity contribution is 1.31. The molecule has 0 heterocycles. The van der Waals surface area contributed by atoms with Crippen LogP contribution in [0.25, 0.3) is 0 Å². The highest BCUT2D eigenvalue weighted by molar-refractivity contribution is 5.41. The third-order valence-corrected chi connectivity index (χ3v) is 2.12. The van der Waals surface area contributed by atoms with Crippen molar-refractivity contribution in [1.29, 1.82) is 0 Å². The zero-order chi connectivity index (χ0) is 9.14. The van der Waals surface area contributed by atoms with Gasteiger partial charge in [0.2, 0.25) is 0 Å². The minimum Gasteiger partial charge on any atom is -0.0590 e. The van der Waals surface area contributed by atoms with Crippen LogP contribution in [-0.4, -0.2) is 0 Å². The van der Waals surface area contributed by atoms with E-state index in [9.17, 15) is 0 Å². The van der Waals surface area contributed by atoms with E-state index in [0.717, 1.165) is 0 Å². The molecule has 0 atom stereocenters. The highest BCUT2D eigenvalue weighted by Crippen LogP contribution is 2.15. The first kappa shape index (κ1) is 9.05. The van der Waals surface area contributed by atoms with Crippen molar-refractivity contribution in [3.05, 3.63) is 46.6 Å². The van der Waals surface area contributed by atoms with Gasteiger partial charge in [0.25, 0.3) is 0 Å². The van der Waals surface area contributed by atoms with Crippen LogP contribution < -0.4 is 0 Å². The first-order chi connectivity index (χ1) is 5.59. The highest BCUT2D eigenvalue weighted by Gasteiger charge is 1.94. The van der Waals surface area contributed by atoms with Gasteiger partial charge in [0.15, 0.2) is 0 Å². The second-order valence-electron chi connectivity index (χ2n) is 3.48. The summed E-state index contributed by atoms with van der Waals surface area (Å²) in [5.74, 6) is 0. The Bertz CT molecular complexity index is 296. The van der Waals surface area contributed by atoms with E-state index in [0.29, 0.717) is 0 Å². The normalized spacial score (nSPS) is 35.7. The molecule has 64 valence electrons. The Hall–Kier alpha value is -1.04. The molecule has 0 saturated carbocycles. The Morgan fingerprint density at radius 2 is 1.33 bits per heavy atom. The van der Waals surface area contributed by atoms with E-state index >= 15 is 0 Å². The van der Waals surface area contributed by atoms with E-state index in [2.05, 4.69) is 52.0 Å². The fourth-order valence-corrected chi connectivity index (χ4v) is 1.29. The van der Waals surface area contributed by atoms with Crippen LogP contribution in [-0.2, 0) is 0 Å². The second-order valence-corrected chi connectivity index (χ2v) is 3.48. The molecule has 0 unspecified atom stereocenters. The van der Waals surface area contributed by atoms with Gasteiger partial charge in [0, 0.05) is 0 Å². The van der Waals surface area contributed by atoms with Gasteiger partial charge >= 0.3 is 0 Å². The van der Waals surface area contributed by atoms with Crippen LogP contribution in [0.2, 0.25) is 0 Å². The maximum absolute atomic E-state index is 2.22. The molecule has 0 aromatic carbocycles. The topological polar surface area (TPSA) is 0 Å². The Kier molecular flexibility index (Phi) is 2.69. The van der Waals surface area contributed by atoms with E-state index < -0.39 is 0 Å². The zero-order valence-electron chi connectivity index (χ0n) is 8.31. The minimum atomic E-state index is 1.32. The van der Waals surface area contributed by atoms with Crippen LogP contribution in [0.1, 0.15) is 27.7 Å². The molecule has 0 amide bonds. The van der Waals surface area contributed by atoms with E-state index in [-0.39, 0.29) is 0 Å². The molecule has 0 fully saturated rings. The molecule has 0 N–H and O–H groups in total. The molecule has 0 radical (unpaired) electrons. The van der Waals surface area contributed by atoms with Gasteiger partial charge in [-0.05, 0) is 38.8 Å². The quantitative estimate of drug-likeness (QED) is 0.506. The molecule has 0 nitrogen and oxygen atoms in total. The Morgan fingerprint density at radius 1 is 0.667 bits per heavy atom. The van der Waals surface area contributed by atoms with Crippen LogP contribution in [0.4, 0.5) is 0 Å². The number of allylic oxidation sites excluding steroid dienone is 8. The van der Waals surface area contributed by atoms with Gasteiger partial charge < -0.3 is 0 Å². The lowest BCUT2D eigenvalue weighted by Gasteiger charge is -2.04. The third-order valence-electron chi connectivity index (χ3n) is 2.12. The molecule has 12 heavy (non-hydrogen) atoms. The number of hydrogen-bond donors (Lipinski definition) is 0. The lowest BCUT2D eigenvalue weighted by Crippen LogP contribution is -1.83. The van der Waals surface area contributed by atoms with Crippen LogP contribution in [0, 0.1) is 0 Å². The highest BCUT2D eigenvalue weighted by atomic mass is 14.0. The summed E-state index contributed by atoms with van der Waals surface area (Å²) in [5.41, 5.74) is 5.35. The van der Waals surface area contributed by atoms with Crippen LogP contribution >= 0.6 is 0 Å². The van der Waals surface area contributed by atoms with Gasteiger partial charge in [0.05, 0.1) is 0 Å². The first-order valence-electron chi connectivity index (χ1n) is 4.32. The summed E-state index contributed by atoms with van der Waals surface area (Å²) in [4.78, 5) is 0. The summed E-state index contributed by atoms with van der Waals surface area (Å²) in [6, 6.07) is 0. The predicted octanol–water partition coefficient (Wildman–Crippen LogP) is 3.79. The zero-order valence-corrected chi connectivity index (χ0v) is 8.31. The van der Waals surface area contributed by atoms with Crippen molar-refractivity contribution in [2.75, 3.05) is 0 Å². The summed E-state index contributed by atoms with van der Waals surface area (Å²) >= 11 is 0. The van der Waals surface area contributed by atoms with E-state index in [1.807, 2.05) is 0 Å². The SMILES string of the molecule is CC1=C/C(C)=C\C(C)=C(C)/C=C\1. The fraction of sp³-hybridized carbons (Fsp3) is 0.333. The Balaban J connectivity index is 3.11. The van der Waals surface area contributed by atoms with Crippen LogP contribution in [0.3, 0.4) is 0 Å². The van der Waals surface area contributed by atoms with Crippen molar-refractivity contribution in [1.82, 2.24) is 0 Å². The van der Waals surface area contributed by atoms with Gasteiger partial charge in [-0.15, -0.1) is 0 Å². The average molecular weight is 160 g/mol. The molecule has 1 aliphatic carbocycles. The van der Waals surface area contributed by atoms with E-state index in [1.54, 1.807) is 0 Å². The minimum absolute atomic E-state index is 1.32. The molecular weight excluding hydrogens is 144 g/mol. The summed E-state index contributed by atoms with van der Waals surface area (Å²) < 4.78 is 0. The fourth-order valence-electron chi connectivity index (χ4n) is 1.29. The van der Waals surface area contributed by atoms with E-state index in [1.165, 1.54) is 22.3 Å². The van der Waals surface area contributed by atoms with Gasteiger partial charge in [-0.25, -0.2) is 0 Å². The maximum Gasteiger partial charge on any atom is -0.0395 e. The molecular formula is C12H16. The Morgan fingerprint density at radius 3 is 2.00 bits per heavy atom. The molecule has 1 rings (SSSR count). The van der Waals surface area contributed by atoms with Crippen molar-refractivity contribution < 1.29 is 0 Å². The summed E-state index contributed by atoms with van der Waals surface area (Å²) in [6.07, 6.45) is 8.76. The summed E-state index contributed by atoms with van der Waals surface area (Å²) in [5, 5.41) is 0. The maximum atomic E-state index is 2.22. The van der Waals surface area contributed by atoms with Gasteiger partial charge in [-0.1, -0.05) is 35.5 Å². The summed E-state index contributed by atoms with van der Waals surface area (Å²) in [7, 11) is 0. The molecule has 0 aliphatic heterocycles. The monoisotopic (exact) mass is 160 g/mol. The predicted molar refractivity (Wildman–Crippen MR) is 55.0 cm³/mol. The summed E-state index contributed by atoms with van der Waals surface area (Å²) in [6.45, 7) is 8.56. The van der Waals surface area contributed by atoms with E-state index in [4.69, 9.17) is 0 Å². The standard InChI is InChI=1S/C12H16/c1-9-5-6-11(3)12(4)8-10(2)7-9/h5-8H,1-4H3/b6-5-,9-5?,9-7-,10-7?,10-8-,11-6?,12-8?,12-11-. The van der Waals surface area contributed by atoms with Crippen molar-refractivity contribution in [3.8, 4) is 0 Å². The van der Waals surface area contributed by atoms with Crippen molar-refractivity contribution in [3.63, 3.8) is 0 Å². The molecule has 0 heteroatoms. The molecule has 0 aromatic heterocycles. The van der Waals surface area contributed by atoms with Crippen LogP contribution in [0.15, 0.2) is 46.6 Å². The van der Waals surface area contributed by atoms with Gasteiger partial charge in [0.1, 0.15) is 0 Å². The average Bonchev–Trinajstić information content (AvgIpc) is 1.98. The molecule has 1 aliphatic rings. The molecule has 0 spiro atoms. The molecule has 0 saturated heterocycles. The smallest absolute Gasteiger partial charge is 0.0395 e. The number of rotatable bonds is 0. The van der Waals surface area contributed by atoms with Crippen molar-refractivity contribution in [2.24, 2.45) is 0 Å². The second kappa shape index (κ2) is 3.57.